The maximum Gasteiger partial charge on any atom is 0.233 e. The number of amides is 1. The molecule has 0 aromatic heterocycles. The number of thioether (sulfide) groups is 1. The van der Waals surface area contributed by atoms with Crippen molar-refractivity contribution >= 4 is 29.3 Å². The van der Waals surface area contributed by atoms with Crippen LogP contribution < -0.4 is 5.32 Å². The third kappa shape index (κ3) is 6.74. The molecule has 0 saturated carbocycles. The molecule has 1 fully saturated rings. The van der Waals surface area contributed by atoms with Gasteiger partial charge in [0.2, 0.25) is 5.91 Å². The largest absolute Gasteiger partial charge is 0.355 e. The van der Waals surface area contributed by atoms with Crippen LogP contribution in [-0.2, 0) is 4.79 Å². The van der Waals surface area contributed by atoms with E-state index in [1.54, 1.807) is 11.8 Å². The van der Waals surface area contributed by atoms with Crippen LogP contribution in [-0.4, -0.2) is 42.2 Å². The normalized spacial score (nSPS) is 17.0. The van der Waals surface area contributed by atoms with Crippen LogP contribution in [0.25, 0.3) is 0 Å². The summed E-state index contributed by atoms with van der Waals surface area (Å²) in [7, 11) is 0. The summed E-state index contributed by atoms with van der Waals surface area (Å²) >= 11 is 7.51. The van der Waals surface area contributed by atoms with Crippen molar-refractivity contribution in [2.24, 2.45) is 0 Å². The Morgan fingerprint density at radius 3 is 2.61 bits per heavy atom. The predicted molar refractivity (Wildman–Crippen MR) is 99.3 cm³/mol. The van der Waals surface area contributed by atoms with E-state index in [1.807, 2.05) is 24.3 Å². The molecule has 5 heteroatoms. The van der Waals surface area contributed by atoms with Gasteiger partial charge in [-0.3, -0.25) is 4.79 Å². The van der Waals surface area contributed by atoms with Crippen LogP contribution in [0, 0.1) is 0 Å². The van der Waals surface area contributed by atoms with E-state index < -0.39 is 0 Å². The van der Waals surface area contributed by atoms with Gasteiger partial charge in [0.25, 0.3) is 0 Å². The van der Waals surface area contributed by atoms with E-state index in [0.29, 0.717) is 0 Å². The molecule has 1 heterocycles. The van der Waals surface area contributed by atoms with Crippen molar-refractivity contribution in [2.45, 2.75) is 49.2 Å². The number of likely N-dealkylation sites (tertiary alicyclic amines) is 1. The molecule has 1 aromatic carbocycles. The average molecular weight is 355 g/mol. The number of carbonyl (C=O) groups is 1. The minimum atomic E-state index is -0.0360. The SMILES string of the molecule is CC[C@@H](Sc1ccc(Cl)cc1)C(=O)NCCCN1CCCCC1. The molecule has 1 aliphatic rings. The van der Waals surface area contributed by atoms with Crippen molar-refractivity contribution < 1.29 is 4.79 Å². The van der Waals surface area contributed by atoms with Crippen LogP contribution in [0.5, 0.6) is 0 Å². The minimum absolute atomic E-state index is 0.0360. The smallest absolute Gasteiger partial charge is 0.233 e. The van der Waals surface area contributed by atoms with Crippen LogP contribution in [0.1, 0.15) is 39.0 Å². The zero-order chi connectivity index (χ0) is 16.5. The number of halogens is 1. The summed E-state index contributed by atoms with van der Waals surface area (Å²) in [5, 5.41) is 3.78. The van der Waals surface area contributed by atoms with Gasteiger partial charge in [-0.25, -0.2) is 0 Å². The Morgan fingerprint density at radius 2 is 1.96 bits per heavy atom. The first kappa shape index (κ1) is 18.6. The quantitative estimate of drug-likeness (QED) is 0.560. The molecule has 0 spiro atoms. The molecule has 1 amide bonds. The Balaban J connectivity index is 1.68. The van der Waals surface area contributed by atoms with E-state index in [0.717, 1.165) is 35.8 Å². The Morgan fingerprint density at radius 1 is 1.26 bits per heavy atom. The number of piperidine rings is 1. The highest BCUT2D eigenvalue weighted by molar-refractivity contribution is 8.00. The summed E-state index contributed by atoms with van der Waals surface area (Å²) in [4.78, 5) is 15.9. The first-order valence-corrected chi connectivity index (χ1v) is 9.87. The molecule has 1 aliphatic heterocycles. The molecular formula is C18H27ClN2OS. The molecule has 0 aliphatic carbocycles. The highest BCUT2D eigenvalue weighted by Gasteiger charge is 2.17. The summed E-state index contributed by atoms with van der Waals surface area (Å²) in [6.07, 6.45) is 5.87. The molecule has 1 saturated heterocycles. The fourth-order valence-corrected chi connectivity index (χ4v) is 3.92. The van der Waals surface area contributed by atoms with Gasteiger partial charge in [0.05, 0.1) is 5.25 Å². The van der Waals surface area contributed by atoms with Crippen molar-refractivity contribution in [3.8, 4) is 0 Å². The lowest BCUT2D eigenvalue weighted by Gasteiger charge is -2.26. The van der Waals surface area contributed by atoms with Crippen LogP contribution in [0.2, 0.25) is 5.02 Å². The van der Waals surface area contributed by atoms with Gasteiger partial charge >= 0.3 is 0 Å². The molecular weight excluding hydrogens is 328 g/mol. The van der Waals surface area contributed by atoms with Gasteiger partial charge in [0.1, 0.15) is 0 Å². The fraction of sp³-hybridized carbons (Fsp3) is 0.611. The van der Waals surface area contributed by atoms with Gasteiger partial charge in [-0.15, -0.1) is 11.8 Å². The van der Waals surface area contributed by atoms with E-state index in [2.05, 4.69) is 17.1 Å². The van der Waals surface area contributed by atoms with Gasteiger partial charge in [-0.05, 0) is 69.6 Å². The maximum atomic E-state index is 12.3. The lowest BCUT2D eigenvalue weighted by Crippen LogP contribution is -2.36. The van der Waals surface area contributed by atoms with Gasteiger partial charge < -0.3 is 10.2 Å². The van der Waals surface area contributed by atoms with Crippen LogP contribution in [0.15, 0.2) is 29.2 Å². The first-order chi connectivity index (χ1) is 11.2. The molecule has 0 radical (unpaired) electrons. The van der Waals surface area contributed by atoms with E-state index >= 15 is 0 Å². The Labute approximate surface area is 149 Å². The molecule has 23 heavy (non-hydrogen) atoms. The Bertz CT molecular complexity index is 474. The number of rotatable bonds is 8. The number of carbonyl (C=O) groups excluding carboxylic acids is 1. The van der Waals surface area contributed by atoms with Crippen molar-refractivity contribution in [3.63, 3.8) is 0 Å². The minimum Gasteiger partial charge on any atom is -0.355 e. The van der Waals surface area contributed by atoms with Crippen LogP contribution in [0.3, 0.4) is 0 Å². The van der Waals surface area contributed by atoms with E-state index in [4.69, 9.17) is 11.6 Å². The zero-order valence-corrected chi connectivity index (χ0v) is 15.5. The topological polar surface area (TPSA) is 32.3 Å². The second kappa shape index (κ2) is 10.2. The molecule has 128 valence electrons. The molecule has 0 unspecified atom stereocenters. The molecule has 3 nitrogen and oxygen atoms in total. The molecule has 0 bridgehead atoms. The molecule has 1 N–H and O–H groups in total. The van der Waals surface area contributed by atoms with Gasteiger partial charge in [-0.1, -0.05) is 24.9 Å². The monoisotopic (exact) mass is 354 g/mol. The standard InChI is InChI=1S/C18H27ClN2OS/c1-2-17(23-16-9-7-15(19)8-10-16)18(22)20-11-6-14-21-12-4-3-5-13-21/h7-10,17H,2-6,11-14H2,1H3,(H,20,22)/t17-/m1/s1. The summed E-state index contributed by atoms with van der Waals surface area (Å²) in [5.74, 6) is 0.145. The molecule has 1 aromatic rings. The third-order valence-electron chi connectivity index (χ3n) is 4.15. The van der Waals surface area contributed by atoms with Gasteiger partial charge in [0, 0.05) is 16.5 Å². The second-order valence-electron chi connectivity index (χ2n) is 6.02. The fourth-order valence-electron chi connectivity index (χ4n) is 2.81. The number of benzene rings is 1. The Hall–Kier alpha value is -0.710. The van der Waals surface area contributed by atoms with E-state index in [1.165, 1.54) is 32.4 Å². The van der Waals surface area contributed by atoms with Crippen LogP contribution in [0.4, 0.5) is 0 Å². The summed E-state index contributed by atoms with van der Waals surface area (Å²) in [6, 6.07) is 7.68. The van der Waals surface area contributed by atoms with E-state index in [9.17, 15) is 4.79 Å². The second-order valence-corrected chi connectivity index (χ2v) is 7.73. The lowest BCUT2D eigenvalue weighted by atomic mass is 10.1. The number of hydrogen-bond donors (Lipinski definition) is 1. The first-order valence-electron chi connectivity index (χ1n) is 8.61. The van der Waals surface area contributed by atoms with Gasteiger partial charge in [0.15, 0.2) is 0 Å². The zero-order valence-electron chi connectivity index (χ0n) is 13.9. The number of nitrogens with one attached hydrogen (secondary N) is 1. The lowest BCUT2D eigenvalue weighted by molar-refractivity contribution is -0.120. The number of hydrogen-bond acceptors (Lipinski definition) is 3. The Kier molecular flexibility index (Phi) is 8.27. The maximum absolute atomic E-state index is 12.3. The van der Waals surface area contributed by atoms with Crippen molar-refractivity contribution in [1.82, 2.24) is 10.2 Å². The molecule has 1 atom stereocenters. The summed E-state index contributed by atoms with van der Waals surface area (Å²) in [6.45, 7) is 6.37. The van der Waals surface area contributed by atoms with Crippen LogP contribution >= 0.6 is 23.4 Å². The molecule has 2 rings (SSSR count). The predicted octanol–water partition coefficient (Wildman–Crippen LogP) is 4.20. The van der Waals surface area contributed by atoms with Crippen molar-refractivity contribution in [3.05, 3.63) is 29.3 Å². The van der Waals surface area contributed by atoms with Crippen molar-refractivity contribution in [2.75, 3.05) is 26.2 Å². The average Bonchev–Trinajstić information content (AvgIpc) is 2.59. The summed E-state index contributed by atoms with van der Waals surface area (Å²) < 4.78 is 0. The highest BCUT2D eigenvalue weighted by atomic mass is 35.5. The number of nitrogens with zero attached hydrogens (tertiary/aromatic N) is 1. The van der Waals surface area contributed by atoms with E-state index in [-0.39, 0.29) is 11.2 Å². The highest BCUT2D eigenvalue weighted by Crippen LogP contribution is 2.26. The third-order valence-corrected chi connectivity index (χ3v) is 5.78. The van der Waals surface area contributed by atoms with Gasteiger partial charge in [-0.2, -0.15) is 0 Å². The van der Waals surface area contributed by atoms with Crippen molar-refractivity contribution in [1.29, 1.82) is 0 Å². The summed E-state index contributed by atoms with van der Waals surface area (Å²) in [5.41, 5.74) is 0.